The van der Waals surface area contributed by atoms with E-state index < -0.39 is 0 Å². The van der Waals surface area contributed by atoms with Crippen LogP contribution in [-0.4, -0.2) is 10.9 Å². The Bertz CT molecular complexity index is 568. The summed E-state index contributed by atoms with van der Waals surface area (Å²) in [5.74, 6) is 5.15. The zero-order valence-corrected chi connectivity index (χ0v) is 9.97. The SMILES string of the molecule is Cc1ccncc1NC(=O)c1ccccc1NN. The number of benzene rings is 1. The largest absolute Gasteiger partial charge is 0.323 e. The number of nitrogens with one attached hydrogen (secondary N) is 2. The molecule has 0 unspecified atom stereocenters. The van der Waals surface area contributed by atoms with Gasteiger partial charge in [-0.05, 0) is 30.7 Å². The van der Waals surface area contributed by atoms with Gasteiger partial charge in [0.25, 0.3) is 5.91 Å². The number of aromatic nitrogens is 1. The number of carbonyl (C=O) groups is 1. The van der Waals surface area contributed by atoms with Crippen molar-refractivity contribution in [3.8, 4) is 0 Å². The molecule has 18 heavy (non-hydrogen) atoms. The number of nitrogens with zero attached hydrogens (tertiary/aromatic N) is 1. The lowest BCUT2D eigenvalue weighted by atomic mass is 10.1. The van der Waals surface area contributed by atoms with Gasteiger partial charge in [-0.15, -0.1) is 0 Å². The van der Waals surface area contributed by atoms with E-state index in [1.165, 1.54) is 0 Å². The van der Waals surface area contributed by atoms with E-state index in [0.717, 1.165) is 5.56 Å². The van der Waals surface area contributed by atoms with Gasteiger partial charge in [-0.2, -0.15) is 0 Å². The summed E-state index contributed by atoms with van der Waals surface area (Å²) >= 11 is 0. The molecule has 0 aliphatic rings. The van der Waals surface area contributed by atoms with Gasteiger partial charge in [0.1, 0.15) is 0 Å². The highest BCUT2D eigenvalue weighted by atomic mass is 16.1. The summed E-state index contributed by atoms with van der Waals surface area (Å²) in [6.45, 7) is 1.91. The number of rotatable bonds is 3. The first kappa shape index (κ1) is 12.1. The lowest BCUT2D eigenvalue weighted by molar-refractivity contribution is 0.102. The highest BCUT2D eigenvalue weighted by Gasteiger charge is 2.11. The number of pyridine rings is 1. The van der Waals surface area contributed by atoms with Crippen molar-refractivity contribution in [2.75, 3.05) is 10.7 Å². The molecule has 5 nitrogen and oxygen atoms in total. The number of carbonyl (C=O) groups excluding carboxylic acids is 1. The van der Waals surface area contributed by atoms with E-state index in [9.17, 15) is 4.79 Å². The maximum Gasteiger partial charge on any atom is 0.257 e. The summed E-state index contributed by atoms with van der Waals surface area (Å²) in [6.07, 6.45) is 3.30. The smallest absolute Gasteiger partial charge is 0.257 e. The molecule has 2 aromatic rings. The summed E-state index contributed by atoms with van der Waals surface area (Å²) in [7, 11) is 0. The third kappa shape index (κ3) is 2.46. The van der Waals surface area contributed by atoms with Crippen molar-refractivity contribution < 1.29 is 4.79 Å². The van der Waals surface area contributed by atoms with Crippen LogP contribution >= 0.6 is 0 Å². The Morgan fingerprint density at radius 1 is 1.22 bits per heavy atom. The second-order valence-corrected chi connectivity index (χ2v) is 3.83. The molecule has 2 rings (SSSR count). The predicted octanol–water partition coefficient (Wildman–Crippen LogP) is 1.93. The Hall–Kier alpha value is -2.40. The van der Waals surface area contributed by atoms with Crippen LogP contribution in [0.15, 0.2) is 42.7 Å². The summed E-state index contributed by atoms with van der Waals surface area (Å²) < 4.78 is 0. The van der Waals surface area contributed by atoms with Crippen LogP contribution in [0.2, 0.25) is 0 Å². The lowest BCUT2D eigenvalue weighted by Crippen LogP contribution is -2.17. The Labute approximate surface area is 105 Å². The maximum absolute atomic E-state index is 12.1. The number of aryl methyl sites for hydroxylation is 1. The van der Waals surface area contributed by atoms with Gasteiger partial charge in [0.2, 0.25) is 0 Å². The van der Waals surface area contributed by atoms with Gasteiger partial charge < -0.3 is 10.7 Å². The highest BCUT2D eigenvalue weighted by Crippen LogP contribution is 2.17. The molecule has 0 aliphatic carbocycles. The fourth-order valence-corrected chi connectivity index (χ4v) is 1.59. The Kier molecular flexibility index (Phi) is 3.54. The van der Waals surface area contributed by atoms with E-state index in [0.29, 0.717) is 16.9 Å². The molecule has 0 fully saturated rings. The minimum absolute atomic E-state index is 0.223. The van der Waals surface area contributed by atoms with Crippen LogP contribution in [0, 0.1) is 6.92 Å². The molecule has 0 aliphatic heterocycles. The highest BCUT2D eigenvalue weighted by molar-refractivity contribution is 6.08. The zero-order chi connectivity index (χ0) is 13.0. The van der Waals surface area contributed by atoms with Crippen molar-refractivity contribution in [3.05, 3.63) is 53.9 Å². The first-order valence-corrected chi connectivity index (χ1v) is 5.50. The second-order valence-electron chi connectivity index (χ2n) is 3.83. The Balaban J connectivity index is 2.25. The molecule has 0 saturated heterocycles. The van der Waals surface area contributed by atoms with Gasteiger partial charge in [0.15, 0.2) is 0 Å². The van der Waals surface area contributed by atoms with Gasteiger partial charge in [-0.1, -0.05) is 12.1 Å². The van der Waals surface area contributed by atoms with Crippen molar-refractivity contribution in [2.24, 2.45) is 5.84 Å². The number of anilines is 2. The molecule has 0 saturated carbocycles. The molecule has 0 radical (unpaired) electrons. The number of hydrogen-bond acceptors (Lipinski definition) is 4. The van der Waals surface area contributed by atoms with Gasteiger partial charge >= 0.3 is 0 Å². The van der Waals surface area contributed by atoms with Gasteiger partial charge in [-0.3, -0.25) is 15.6 Å². The summed E-state index contributed by atoms with van der Waals surface area (Å²) in [4.78, 5) is 16.1. The average Bonchev–Trinajstić information content (AvgIpc) is 2.41. The van der Waals surface area contributed by atoms with E-state index in [-0.39, 0.29) is 5.91 Å². The fourth-order valence-electron chi connectivity index (χ4n) is 1.59. The summed E-state index contributed by atoms with van der Waals surface area (Å²) in [6, 6.07) is 8.87. The molecule has 92 valence electrons. The number of hydrogen-bond donors (Lipinski definition) is 3. The molecule has 0 bridgehead atoms. The first-order valence-electron chi connectivity index (χ1n) is 5.50. The number of para-hydroxylation sites is 1. The van der Waals surface area contributed by atoms with E-state index in [1.807, 2.05) is 13.0 Å². The molecule has 1 aromatic heterocycles. The minimum atomic E-state index is -0.223. The first-order chi connectivity index (χ1) is 8.72. The van der Waals surface area contributed by atoms with E-state index in [4.69, 9.17) is 5.84 Å². The zero-order valence-electron chi connectivity index (χ0n) is 9.97. The molecule has 4 N–H and O–H groups in total. The normalized spacial score (nSPS) is 9.89. The lowest BCUT2D eigenvalue weighted by Gasteiger charge is -2.10. The molecular weight excluding hydrogens is 228 g/mol. The van der Waals surface area contributed by atoms with Crippen molar-refractivity contribution >= 4 is 17.3 Å². The molecule has 1 heterocycles. The molecule has 0 spiro atoms. The molecule has 1 aromatic carbocycles. The van der Waals surface area contributed by atoms with Crippen LogP contribution in [0.5, 0.6) is 0 Å². The van der Waals surface area contributed by atoms with Crippen molar-refractivity contribution in [1.82, 2.24) is 4.98 Å². The topological polar surface area (TPSA) is 80.0 Å². The van der Waals surface area contributed by atoms with Gasteiger partial charge in [0, 0.05) is 6.20 Å². The third-order valence-electron chi connectivity index (χ3n) is 2.61. The second kappa shape index (κ2) is 5.29. The maximum atomic E-state index is 12.1. The van der Waals surface area contributed by atoms with Crippen LogP contribution in [0.25, 0.3) is 0 Å². The Morgan fingerprint density at radius 2 is 2.00 bits per heavy atom. The number of hydrazine groups is 1. The van der Waals surface area contributed by atoms with E-state index in [1.54, 1.807) is 36.7 Å². The fraction of sp³-hybridized carbons (Fsp3) is 0.0769. The molecule has 0 atom stereocenters. The predicted molar refractivity (Wildman–Crippen MR) is 71.2 cm³/mol. The van der Waals surface area contributed by atoms with Crippen LogP contribution in [0.1, 0.15) is 15.9 Å². The third-order valence-corrected chi connectivity index (χ3v) is 2.61. The van der Waals surface area contributed by atoms with Crippen molar-refractivity contribution in [2.45, 2.75) is 6.92 Å². The Morgan fingerprint density at radius 3 is 2.72 bits per heavy atom. The molecule has 5 heteroatoms. The van der Waals surface area contributed by atoms with Crippen LogP contribution < -0.4 is 16.6 Å². The summed E-state index contributed by atoms with van der Waals surface area (Å²) in [5.41, 5.74) is 5.21. The van der Waals surface area contributed by atoms with Gasteiger partial charge in [-0.25, -0.2) is 0 Å². The standard InChI is InChI=1S/C13H14N4O/c1-9-6-7-15-8-12(9)16-13(18)10-4-2-3-5-11(10)17-14/h2-8,17H,14H2,1H3,(H,16,18). The van der Waals surface area contributed by atoms with E-state index in [2.05, 4.69) is 15.7 Å². The van der Waals surface area contributed by atoms with Crippen LogP contribution in [0.4, 0.5) is 11.4 Å². The van der Waals surface area contributed by atoms with Gasteiger partial charge in [0.05, 0.1) is 23.1 Å². The van der Waals surface area contributed by atoms with Crippen molar-refractivity contribution in [1.29, 1.82) is 0 Å². The summed E-state index contributed by atoms with van der Waals surface area (Å²) in [5, 5.41) is 2.80. The van der Waals surface area contributed by atoms with E-state index >= 15 is 0 Å². The van der Waals surface area contributed by atoms with Crippen LogP contribution in [-0.2, 0) is 0 Å². The average molecular weight is 242 g/mol. The number of nitrogens with two attached hydrogens (primary N) is 1. The molecular formula is C13H14N4O. The van der Waals surface area contributed by atoms with Crippen LogP contribution in [0.3, 0.4) is 0 Å². The number of amides is 1. The van der Waals surface area contributed by atoms with Crippen molar-refractivity contribution in [3.63, 3.8) is 0 Å². The monoisotopic (exact) mass is 242 g/mol. The molecule has 1 amide bonds. The minimum Gasteiger partial charge on any atom is -0.323 e. The number of nitrogen functional groups attached to an aromatic ring is 1. The quantitative estimate of drug-likeness (QED) is 0.567.